The molecule has 2 aromatic heterocycles. The van der Waals surface area contributed by atoms with E-state index in [1.165, 1.54) is 0 Å². The van der Waals surface area contributed by atoms with Gasteiger partial charge in [-0.05, 0) is 11.6 Å². The number of nitrogens with zero attached hydrogens (tertiary/aromatic N) is 3. The molecule has 2 heterocycles. The maximum atomic E-state index is 6.07. The van der Waals surface area contributed by atoms with Crippen molar-refractivity contribution in [2.24, 2.45) is 5.73 Å². The molecular formula is C14H14BrN5O. The first-order chi connectivity index (χ1) is 10.2. The predicted octanol–water partition coefficient (Wildman–Crippen LogP) is 2.39. The van der Waals surface area contributed by atoms with Gasteiger partial charge in [0, 0.05) is 29.2 Å². The molecule has 6 nitrogen and oxygen atoms in total. The molecule has 0 aliphatic rings. The molecule has 1 atom stereocenters. The van der Waals surface area contributed by atoms with Gasteiger partial charge in [0.05, 0.1) is 12.4 Å². The summed E-state index contributed by atoms with van der Waals surface area (Å²) in [5.74, 6) is 1.06. The summed E-state index contributed by atoms with van der Waals surface area (Å²) in [4.78, 5) is 11.3. The lowest BCUT2D eigenvalue weighted by Crippen LogP contribution is -2.14. The summed E-state index contributed by atoms with van der Waals surface area (Å²) < 4.78 is 6.28. The summed E-state index contributed by atoms with van der Waals surface area (Å²) in [6, 6.07) is 7.61. The smallest absolute Gasteiger partial charge is 0.243 e. The Bertz CT molecular complexity index is 710. The number of H-pyrrole nitrogens is 1. The van der Waals surface area contributed by atoms with E-state index in [-0.39, 0.29) is 6.04 Å². The first kappa shape index (κ1) is 14.0. The minimum atomic E-state index is -0.342. The Labute approximate surface area is 129 Å². The van der Waals surface area contributed by atoms with E-state index < -0.39 is 0 Å². The van der Waals surface area contributed by atoms with Gasteiger partial charge >= 0.3 is 0 Å². The topological polar surface area (TPSA) is 93.6 Å². The van der Waals surface area contributed by atoms with Crippen LogP contribution in [0.4, 0.5) is 0 Å². The lowest BCUT2D eigenvalue weighted by atomic mass is 10.1. The number of rotatable bonds is 5. The van der Waals surface area contributed by atoms with Crippen LogP contribution in [0.15, 0.2) is 45.8 Å². The molecule has 1 unspecified atom stereocenters. The maximum Gasteiger partial charge on any atom is 0.243 e. The third-order valence-electron chi connectivity index (χ3n) is 3.10. The van der Waals surface area contributed by atoms with E-state index in [0.29, 0.717) is 24.6 Å². The Morgan fingerprint density at radius 2 is 2.19 bits per heavy atom. The first-order valence-corrected chi connectivity index (χ1v) is 7.30. The molecule has 7 heteroatoms. The number of imidazole rings is 1. The summed E-state index contributed by atoms with van der Waals surface area (Å²) >= 11 is 3.51. The van der Waals surface area contributed by atoms with E-state index in [1.807, 2.05) is 24.3 Å². The highest BCUT2D eigenvalue weighted by molar-refractivity contribution is 9.10. The molecular weight excluding hydrogens is 334 g/mol. The van der Waals surface area contributed by atoms with E-state index in [1.54, 1.807) is 12.5 Å². The van der Waals surface area contributed by atoms with E-state index in [9.17, 15) is 0 Å². The molecule has 0 aliphatic carbocycles. The SMILES string of the molecule is NC(Cc1cnc[nH]1)c1nc(Cc2ccccc2Br)no1. The van der Waals surface area contributed by atoms with E-state index in [0.717, 1.165) is 15.7 Å². The van der Waals surface area contributed by atoms with Gasteiger partial charge in [-0.25, -0.2) is 4.98 Å². The van der Waals surface area contributed by atoms with Crippen molar-refractivity contribution in [2.45, 2.75) is 18.9 Å². The van der Waals surface area contributed by atoms with E-state index in [2.05, 4.69) is 36.0 Å². The second kappa shape index (κ2) is 6.19. The highest BCUT2D eigenvalue weighted by Gasteiger charge is 2.16. The van der Waals surface area contributed by atoms with Gasteiger partial charge in [0.15, 0.2) is 5.82 Å². The Kier molecular flexibility index (Phi) is 4.12. The van der Waals surface area contributed by atoms with Crippen molar-refractivity contribution in [1.82, 2.24) is 20.1 Å². The van der Waals surface area contributed by atoms with Gasteiger partial charge in [-0.3, -0.25) is 0 Å². The normalized spacial score (nSPS) is 12.5. The molecule has 3 rings (SSSR count). The molecule has 0 fully saturated rings. The Morgan fingerprint density at radius 1 is 1.33 bits per heavy atom. The molecule has 0 spiro atoms. The fourth-order valence-electron chi connectivity index (χ4n) is 2.02. The monoisotopic (exact) mass is 347 g/mol. The molecule has 0 aliphatic heterocycles. The molecule has 0 saturated carbocycles. The van der Waals surface area contributed by atoms with Gasteiger partial charge in [-0.1, -0.05) is 39.3 Å². The molecule has 0 amide bonds. The van der Waals surface area contributed by atoms with Gasteiger partial charge in [0.1, 0.15) is 0 Å². The molecule has 3 N–H and O–H groups in total. The van der Waals surface area contributed by atoms with Crippen LogP contribution in [0.3, 0.4) is 0 Å². The number of halogens is 1. The third kappa shape index (κ3) is 3.37. The van der Waals surface area contributed by atoms with E-state index >= 15 is 0 Å². The van der Waals surface area contributed by atoms with E-state index in [4.69, 9.17) is 10.3 Å². The quantitative estimate of drug-likeness (QED) is 0.738. The van der Waals surface area contributed by atoms with Crippen molar-refractivity contribution in [3.05, 3.63) is 64.2 Å². The number of aromatic nitrogens is 4. The Morgan fingerprint density at radius 3 is 2.95 bits per heavy atom. The average Bonchev–Trinajstić information content (AvgIpc) is 3.13. The summed E-state index contributed by atoms with van der Waals surface area (Å²) in [6.07, 6.45) is 4.53. The van der Waals surface area contributed by atoms with Crippen molar-refractivity contribution < 1.29 is 4.52 Å². The minimum Gasteiger partial charge on any atom is -0.348 e. The Hall–Kier alpha value is -1.99. The largest absolute Gasteiger partial charge is 0.348 e. The molecule has 0 bridgehead atoms. The fourth-order valence-corrected chi connectivity index (χ4v) is 2.45. The minimum absolute atomic E-state index is 0.342. The zero-order chi connectivity index (χ0) is 14.7. The van der Waals surface area contributed by atoms with Crippen molar-refractivity contribution >= 4 is 15.9 Å². The van der Waals surface area contributed by atoms with Crippen molar-refractivity contribution in [1.29, 1.82) is 0 Å². The van der Waals surface area contributed by atoms with Crippen LogP contribution in [0.2, 0.25) is 0 Å². The lowest BCUT2D eigenvalue weighted by Gasteiger charge is -2.03. The molecule has 3 aromatic rings. The number of aromatic amines is 1. The second-order valence-electron chi connectivity index (χ2n) is 4.70. The maximum absolute atomic E-state index is 6.07. The fraction of sp³-hybridized carbons (Fsp3) is 0.214. The predicted molar refractivity (Wildman–Crippen MR) is 80.5 cm³/mol. The van der Waals surface area contributed by atoms with Gasteiger partial charge in [-0.15, -0.1) is 0 Å². The number of nitrogens with two attached hydrogens (primary N) is 1. The number of hydrogen-bond acceptors (Lipinski definition) is 5. The molecule has 0 saturated heterocycles. The van der Waals surface area contributed by atoms with Crippen LogP contribution in [-0.2, 0) is 12.8 Å². The summed E-state index contributed by atoms with van der Waals surface area (Å²) in [7, 11) is 0. The van der Waals surface area contributed by atoms with Gasteiger partial charge in [-0.2, -0.15) is 4.98 Å². The Balaban J connectivity index is 1.70. The number of hydrogen-bond donors (Lipinski definition) is 2. The highest BCUT2D eigenvalue weighted by atomic mass is 79.9. The van der Waals surface area contributed by atoms with Crippen molar-refractivity contribution in [3.63, 3.8) is 0 Å². The van der Waals surface area contributed by atoms with Gasteiger partial charge < -0.3 is 15.2 Å². The van der Waals surface area contributed by atoms with Crippen LogP contribution in [-0.4, -0.2) is 20.1 Å². The van der Waals surface area contributed by atoms with Crippen LogP contribution < -0.4 is 5.73 Å². The average molecular weight is 348 g/mol. The van der Waals surface area contributed by atoms with Crippen LogP contribution in [0.5, 0.6) is 0 Å². The second-order valence-corrected chi connectivity index (χ2v) is 5.56. The molecule has 0 radical (unpaired) electrons. The summed E-state index contributed by atoms with van der Waals surface area (Å²) in [5, 5.41) is 3.99. The van der Waals surface area contributed by atoms with Crippen molar-refractivity contribution in [3.8, 4) is 0 Å². The van der Waals surface area contributed by atoms with Crippen molar-refractivity contribution in [2.75, 3.05) is 0 Å². The zero-order valence-corrected chi connectivity index (χ0v) is 12.7. The van der Waals surface area contributed by atoms with Crippen LogP contribution >= 0.6 is 15.9 Å². The van der Waals surface area contributed by atoms with Gasteiger partial charge in [0.2, 0.25) is 5.89 Å². The van der Waals surface area contributed by atoms with Crippen LogP contribution in [0, 0.1) is 0 Å². The standard InChI is InChI=1S/C14H14BrN5O/c15-11-4-2-1-3-9(11)5-13-19-14(21-20-13)12(16)6-10-7-17-8-18-10/h1-4,7-8,12H,5-6,16H2,(H,17,18). The number of nitrogens with one attached hydrogen (secondary N) is 1. The van der Waals surface area contributed by atoms with Gasteiger partial charge in [0.25, 0.3) is 0 Å². The summed E-state index contributed by atoms with van der Waals surface area (Å²) in [5.41, 5.74) is 8.11. The molecule has 21 heavy (non-hydrogen) atoms. The zero-order valence-electron chi connectivity index (χ0n) is 11.2. The first-order valence-electron chi connectivity index (χ1n) is 6.51. The summed E-state index contributed by atoms with van der Waals surface area (Å²) in [6.45, 7) is 0. The molecule has 1 aromatic carbocycles. The highest BCUT2D eigenvalue weighted by Crippen LogP contribution is 2.19. The number of benzene rings is 1. The lowest BCUT2D eigenvalue weighted by molar-refractivity contribution is 0.350. The van der Waals surface area contributed by atoms with Crippen LogP contribution in [0.1, 0.15) is 29.0 Å². The molecule has 108 valence electrons. The third-order valence-corrected chi connectivity index (χ3v) is 3.88. The van der Waals surface area contributed by atoms with Crippen LogP contribution in [0.25, 0.3) is 0 Å².